The van der Waals surface area contributed by atoms with E-state index in [4.69, 9.17) is 4.74 Å². The fourth-order valence-corrected chi connectivity index (χ4v) is 4.11. The summed E-state index contributed by atoms with van der Waals surface area (Å²) >= 11 is 3.55. The maximum atomic E-state index is 11.9. The highest BCUT2D eigenvalue weighted by Gasteiger charge is 2.26. The van der Waals surface area contributed by atoms with Crippen LogP contribution < -0.4 is 10.6 Å². The van der Waals surface area contributed by atoms with Gasteiger partial charge in [0.2, 0.25) is 5.91 Å². The van der Waals surface area contributed by atoms with Gasteiger partial charge in [0.15, 0.2) is 5.96 Å². The van der Waals surface area contributed by atoms with Crippen molar-refractivity contribution >= 4 is 58.9 Å². The fraction of sp³-hybridized carbons (Fsp3) is 0.684. The van der Waals surface area contributed by atoms with Crippen molar-refractivity contribution in [3.8, 4) is 0 Å². The Hall–Kier alpha value is -0.560. The van der Waals surface area contributed by atoms with Gasteiger partial charge in [-0.05, 0) is 24.6 Å². The smallest absolute Gasteiger partial charge is 0.243 e. The maximum absolute atomic E-state index is 11.9. The Morgan fingerprint density at radius 3 is 2.90 bits per heavy atom. The van der Waals surface area contributed by atoms with Crippen LogP contribution in [-0.4, -0.2) is 93.2 Å². The van der Waals surface area contributed by atoms with Crippen molar-refractivity contribution in [2.24, 2.45) is 4.99 Å². The molecule has 1 aromatic rings. The molecule has 0 radical (unpaired) electrons. The molecule has 2 unspecified atom stereocenters. The average molecular weight is 556 g/mol. The number of nitrogens with one attached hydrogen (secondary N) is 2. The lowest BCUT2D eigenvalue weighted by Crippen LogP contribution is -2.48. The zero-order chi connectivity index (χ0) is 20.4. The Labute approximate surface area is 200 Å². The first-order valence-corrected chi connectivity index (χ1v) is 11.9. The third-order valence-corrected chi connectivity index (χ3v) is 6.10. The van der Waals surface area contributed by atoms with Gasteiger partial charge in [0.05, 0.1) is 18.8 Å². The Balaban J connectivity index is 0.00000420. The van der Waals surface area contributed by atoms with Crippen molar-refractivity contribution in [3.63, 3.8) is 0 Å². The third-order valence-electron chi connectivity index (χ3n) is 4.52. The molecule has 2 rings (SSSR count). The number of halogens is 1. The third kappa shape index (κ3) is 9.41. The number of morpholine rings is 1. The van der Waals surface area contributed by atoms with E-state index in [1.807, 2.05) is 0 Å². The average Bonchev–Trinajstić information content (AvgIpc) is 3.20. The first kappa shape index (κ1) is 26.5. The maximum Gasteiger partial charge on any atom is 0.243 e. The van der Waals surface area contributed by atoms with Gasteiger partial charge in [-0.3, -0.25) is 9.69 Å². The molecule has 0 spiro atoms. The van der Waals surface area contributed by atoms with Gasteiger partial charge in [-0.2, -0.15) is 11.8 Å². The monoisotopic (exact) mass is 555 g/mol. The van der Waals surface area contributed by atoms with E-state index < -0.39 is 0 Å². The highest BCUT2D eigenvalue weighted by Crippen LogP contribution is 2.26. The van der Waals surface area contributed by atoms with Crippen molar-refractivity contribution in [2.45, 2.75) is 19.1 Å². The molecule has 1 fully saturated rings. The molecule has 1 aliphatic rings. The van der Waals surface area contributed by atoms with Crippen molar-refractivity contribution < 1.29 is 9.53 Å². The van der Waals surface area contributed by atoms with Crippen LogP contribution in [0.5, 0.6) is 0 Å². The van der Waals surface area contributed by atoms with Gasteiger partial charge < -0.3 is 20.3 Å². The van der Waals surface area contributed by atoms with Crippen LogP contribution in [0.3, 0.4) is 0 Å². The van der Waals surface area contributed by atoms with Crippen LogP contribution in [0, 0.1) is 0 Å². The second-order valence-electron chi connectivity index (χ2n) is 6.96. The summed E-state index contributed by atoms with van der Waals surface area (Å²) in [6.07, 6.45) is 2.32. The van der Waals surface area contributed by atoms with Crippen LogP contribution >= 0.6 is 47.1 Å². The summed E-state index contributed by atoms with van der Waals surface area (Å²) in [5, 5.41) is 8.91. The van der Waals surface area contributed by atoms with Crippen LogP contribution in [0.2, 0.25) is 0 Å². The van der Waals surface area contributed by atoms with Gasteiger partial charge >= 0.3 is 0 Å². The number of aliphatic imine (C=N–C) groups is 1. The van der Waals surface area contributed by atoms with Gasteiger partial charge in [-0.25, -0.2) is 4.99 Å². The zero-order valence-corrected chi connectivity index (χ0v) is 21.7. The number of nitrogens with zero attached hydrogens (tertiary/aromatic N) is 3. The Kier molecular flexibility index (Phi) is 13.2. The number of amides is 1. The molecule has 2 N–H and O–H groups in total. The van der Waals surface area contributed by atoms with Gasteiger partial charge in [0.1, 0.15) is 6.54 Å². The summed E-state index contributed by atoms with van der Waals surface area (Å²) in [5.74, 6) is 1.66. The number of likely N-dealkylation sites (N-methyl/N-ethyl adjacent to an activating group) is 1. The Bertz CT molecular complexity index is 616. The molecular formula is C19H34IN5O2S2. The minimum atomic E-state index is -0.0113. The largest absolute Gasteiger partial charge is 0.376 e. The van der Waals surface area contributed by atoms with E-state index in [1.165, 1.54) is 4.88 Å². The molecule has 1 amide bonds. The molecule has 2 heterocycles. The molecule has 10 heteroatoms. The lowest BCUT2D eigenvalue weighted by atomic mass is 10.1. The second-order valence-corrected chi connectivity index (χ2v) is 8.93. The lowest BCUT2D eigenvalue weighted by molar-refractivity contribution is -0.127. The van der Waals surface area contributed by atoms with E-state index >= 15 is 0 Å². The molecule has 0 bridgehead atoms. The predicted octanol–water partition coefficient (Wildman–Crippen LogP) is 2.11. The molecule has 0 saturated carbocycles. The minimum Gasteiger partial charge on any atom is -0.376 e. The predicted molar refractivity (Wildman–Crippen MR) is 135 cm³/mol. The molecule has 7 nitrogen and oxygen atoms in total. The van der Waals surface area contributed by atoms with E-state index in [9.17, 15) is 4.79 Å². The number of thiophene rings is 1. The molecule has 1 aliphatic heterocycles. The van der Waals surface area contributed by atoms with Crippen LogP contribution in [0.1, 0.15) is 17.8 Å². The lowest BCUT2D eigenvalue weighted by Gasteiger charge is -2.37. The molecule has 29 heavy (non-hydrogen) atoms. The van der Waals surface area contributed by atoms with Crippen LogP contribution in [0.4, 0.5) is 0 Å². The van der Waals surface area contributed by atoms with E-state index in [0.29, 0.717) is 5.96 Å². The molecular weight excluding hydrogens is 521 g/mol. The van der Waals surface area contributed by atoms with Crippen molar-refractivity contribution in [1.82, 2.24) is 20.4 Å². The molecule has 0 aliphatic carbocycles. The number of ether oxygens (including phenoxy) is 1. The summed E-state index contributed by atoms with van der Waals surface area (Å²) in [4.78, 5) is 21.8. The van der Waals surface area contributed by atoms with E-state index in [-0.39, 0.29) is 48.6 Å². The summed E-state index contributed by atoms with van der Waals surface area (Å²) in [6, 6.07) is 4.53. The molecule has 1 saturated heterocycles. The number of rotatable bonds is 9. The fourth-order valence-electron chi connectivity index (χ4n) is 2.95. The van der Waals surface area contributed by atoms with Gasteiger partial charge in [-0.15, -0.1) is 35.3 Å². The number of carbonyl (C=O) groups excluding carboxylic acids is 1. The van der Waals surface area contributed by atoms with Crippen LogP contribution in [0.25, 0.3) is 0 Å². The van der Waals surface area contributed by atoms with E-state index in [2.05, 4.69) is 51.2 Å². The summed E-state index contributed by atoms with van der Waals surface area (Å²) in [5.41, 5.74) is 0. The molecule has 0 aromatic carbocycles. The number of guanidine groups is 1. The first-order valence-electron chi connectivity index (χ1n) is 9.61. The number of hydrogen-bond donors (Lipinski definition) is 2. The summed E-state index contributed by atoms with van der Waals surface area (Å²) < 4.78 is 5.71. The number of thioether (sulfide) groups is 1. The highest BCUT2D eigenvalue weighted by atomic mass is 127. The SMILES string of the molecule is CSCCNC(=NCC(=O)N(C)C)NCC(c1cccs1)N1CCOC(C)C1.I. The van der Waals surface area contributed by atoms with Crippen LogP contribution in [-0.2, 0) is 9.53 Å². The van der Waals surface area contributed by atoms with Crippen LogP contribution in [0.15, 0.2) is 22.5 Å². The van der Waals surface area contributed by atoms with Crippen molar-refractivity contribution in [3.05, 3.63) is 22.4 Å². The standard InChI is InChI=1S/C19H33N5O2S2.HI/c1-15-14-24(8-9-26-15)16(17-6-5-10-28-17)12-21-19(20-7-11-27-4)22-13-18(25)23(2)3;/h5-6,10,15-16H,7-9,11-14H2,1-4H3,(H2,20,21,22);1H. The van der Waals surface area contributed by atoms with Crippen molar-refractivity contribution in [2.75, 3.05) is 65.4 Å². The van der Waals surface area contributed by atoms with E-state index in [1.54, 1.807) is 42.1 Å². The number of hydrogen-bond acceptors (Lipinski definition) is 6. The Morgan fingerprint density at radius 1 is 1.48 bits per heavy atom. The number of carbonyl (C=O) groups is 1. The minimum absolute atomic E-state index is 0. The van der Waals surface area contributed by atoms with Gasteiger partial charge in [0.25, 0.3) is 0 Å². The second kappa shape index (κ2) is 14.4. The Morgan fingerprint density at radius 2 is 2.28 bits per heavy atom. The molecule has 1 aromatic heterocycles. The van der Waals surface area contributed by atoms with Crippen molar-refractivity contribution in [1.29, 1.82) is 0 Å². The van der Waals surface area contributed by atoms with Gasteiger partial charge in [-0.1, -0.05) is 6.07 Å². The molecule has 166 valence electrons. The zero-order valence-electron chi connectivity index (χ0n) is 17.7. The quantitative estimate of drug-likeness (QED) is 0.211. The highest BCUT2D eigenvalue weighted by molar-refractivity contribution is 14.0. The van der Waals surface area contributed by atoms with Gasteiger partial charge in [0, 0.05) is 50.9 Å². The van der Waals surface area contributed by atoms with E-state index in [0.717, 1.165) is 38.5 Å². The summed E-state index contributed by atoms with van der Waals surface area (Å²) in [6.45, 7) is 6.38. The first-order chi connectivity index (χ1) is 13.5. The normalized spacial score (nSPS) is 18.6. The topological polar surface area (TPSA) is 69.2 Å². The molecule has 2 atom stereocenters. The summed E-state index contributed by atoms with van der Waals surface area (Å²) in [7, 11) is 3.50.